The molecule has 1 aromatic rings. The molecule has 0 spiro atoms. The number of aromatic nitrogens is 2. The Labute approximate surface area is 122 Å². The van der Waals surface area contributed by atoms with Crippen molar-refractivity contribution in [3.63, 3.8) is 0 Å². The third-order valence-electron chi connectivity index (χ3n) is 3.68. The van der Waals surface area contributed by atoms with Gasteiger partial charge in [-0.15, -0.1) is 0 Å². The normalized spacial score (nSPS) is 16.4. The van der Waals surface area contributed by atoms with Crippen LogP contribution in [0.15, 0.2) is 12.3 Å². The van der Waals surface area contributed by atoms with Crippen molar-refractivity contribution in [2.45, 2.75) is 44.6 Å². The minimum Gasteiger partial charge on any atom is -0.367 e. The highest BCUT2D eigenvalue weighted by molar-refractivity contribution is 5.40. The fraction of sp³-hybridized carbons (Fsp3) is 0.733. The van der Waals surface area contributed by atoms with Gasteiger partial charge in [0.05, 0.1) is 0 Å². The zero-order chi connectivity index (χ0) is 14.2. The summed E-state index contributed by atoms with van der Waals surface area (Å²) in [5, 5.41) is 6.82. The Balaban J connectivity index is 1.78. The van der Waals surface area contributed by atoms with Gasteiger partial charge < -0.3 is 15.5 Å². The molecule has 2 rings (SSSR count). The van der Waals surface area contributed by atoms with Crippen LogP contribution in [0.25, 0.3) is 0 Å². The van der Waals surface area contributed by atoms with Crippen molar-refractivity contribution in [3.05, 3.63) is 12.3 Å². The third kappa shape index (κ3) is 5.33. The molecule has 5 nitrogen and oxygen atoms in total. The summed E-state index contributed by atoms with van der Waals surface area (Å²) in [5.74, 6) is 1.67. The van der Waals surface area contributed by atoms with Gasteiger partial charge in [0.25, 0.3) is 0 Å². The lowest BCUT2D eigenvalue weighted by Crippen LogP contribution is -2.23. The Hall–Kier alpha value is -1.36. The van der Waals surface area contributed by atoms with Crippen LogP contribution in [0, 0.1) is 0 Å². The van der Waals surface area contributed by atoms with Gasteiger partial charge >= 0.3 is 0 Å². The zero-order valence-electron chi connectivity index (χ0n) is 12.7. The molecule has 112 valence electrons. The highest BCUT2D eigenvalue weighted by Gasteiger charge is 2.13. The van der Waals surface area contributed by atoms with Crippen LogP contribution in [0.5, 0.6) is 0 Å². The fourth-order valence-corrected chi connectivity index (χ4v) is 2.58. The number of rotatable bonds is 7. The van der Waals surface area contributed by atoms with Crippen LogP contribution in [0.1, 0.15) is 38.5 Å². The van der Waals surface area contributed by atoms with Gasteiger partial charge in [-0.05, 0) is 46.0 Å². The first-order valence-electron chi connectivity index (χ1n) is 7.72. The second-order valence-corrected chi connectivity index (χ2v) is 5.83. The van der Waals surface area contributed by atoms with E-state index < -0.39 is 0 Å². The van der Waals surface area contributed by atoms with Crippen LogP contribution in [0.3, 0.4) is 0 Å². The van der Waals surface area contributed by atoms with E-state index in [0.717, 1.165) is 31.3 Å². The van der Waals surface area contributed by atoms with Gasteiger partial charge in [0.15, 0.2) is 0 Å². The first kappa shape index (κ1) is 15.0. The van der Waals surface area contributed by atoms with Crippen molar-refractivity contribution >= 4 is 11.8 Å². The Kier molecular flexibility index (Phi) is 6.05. The van der Waals surface area contributed by atoms with Gasteiger partial charge in [0, 0.05) is 18.8 Å². The Morgan fingerprint density at radius 2 is 2.05 bits per heavy atom. The number of hydrogen-bond acceptors (Lipinski definition) is 5. The van der Waals surface area contributed by atoms with E-state index in [1.807, 2.05) is 12.3 Å². The summed E-state index contributed by atoms with van der Waals surface area (Å²) in [6.45, 7) is 1.98. The molecule has 0 amide bonds. The van der Waals surface area contributed by atoms with Crippen LogP contribution >= 0.6 is 0 Å². The van der Waals surface area contributed by atoms with Gasteiger partial charge in [0.1, 0.15) is 5.82 Å². The predicted molar refractivity (Wildman–Crippen MR) is 84.2 cm³/mol. The lowest BCUT2D eigenvalue weighted by molar-refractivity contribution is 0.405. The minimum absolute atomic E-state index is 0.584. The summed E-state index contributed by atoms with van der Waals surface area (Å²) in [6.07, 6.45) is 9.48. The van der Waals surface area contributed by atoms with Crippen LogP contribution in [-0.4, -0.2) is 48.1 Å². The summed E-state index contributed by atoms with van der Waals surface area (Å²) in [5.41, 5.74) is 0. The summed E-state index contributed by atoms with van der Waals surface area (Å²) < 4.78 is 0. The highest BCUT2D eigenvalue weighted by Crippen LogP contribution is 2.20. The number of nitrogens with one attached hydrogen (secondary N) is 2. The number of hydrogen-bond donors (Lipinski definition) is 2. The van der Waals surface area contributed by atoms with Crippen molar-refractivity contribution in [2.75, 3.05) is 37.8 Å². The molecule has 0 unspecified atom stereocenters. The summed E-state index contributed by atoms with van der Waals surface area (Å²) in [6, 6.07) is 2.54. The Morgan fingerprint density at radius 3 is 2.80 bits per heavy atom. The molecule has 0 radical (unpaired) electrons. The predicted octanol–water partition coefficient (Wildman–Crippen LogP) is 2.58. The Bertz CT molecular complexity index is 388. The smallest absolute Gasteiger partial charge is 0.224 e. The van der Waals surface area contributed by atoms with Crippen molar-refractivity contribution in [2.24, 2.45) is 0 Å². The van der Waals surface area contributed by atoms with Crippen molar-refractivity contribution in [1.29, 1.82) is 0 Å². The molecule has 0 atom stereocenters. The first-order valence-corrected chi connectivity index (χ1v) is 7.72. The van der Waals surface area contributed by atoms with Gasteiger partial charge in [-0.3, -0.25) is 0 Å². The molecule has 20 heavy (non-hydrogen) atoms. The van der Waals surface area contributed by atoms with Gasteiger partial charge in [-0.1, -0.05) is 19.3 Å². The average molecular weight is 277 g/mol. The van der Waals surface area contributed by atoms with Crippen molar-refractivity contribution in [3.8, 4) is 0 Å². The second kappa shape index (κ2) is 8.04. The van der Waals surface area contributed by atoms with Crippen molar-refractivity contribution < 1.29 is 0 Å². The van der Waals surface area contributed by atoms with Gasteiger partial charge in [0.2, 0.25) is 5.95 Å². The van der Waals surface area contributed by atoms with Crippen LogP contribution in [0.2, 0.25) is 0 Å². The molecule has 1 heterocycles. The quantitative estimate of drug-likeness (QED) is 0.750. The third-order valence-corrected chi connectivity index (χ3v) is 3.68. The van der Waals surface area contributed by atoms with Crippen LogP contribution in [-0.2, 0) is 0 Å². The van der Waals surface area contributed by atoms with Gasteiger partial charge in [-0.25, -0.2) is 4.98 Å². The molecule has 0 bridgehead atoms. The molecule has 5 heteroatoms. The lowest BCUT2D eigenvalue weighted by atomic mass is 9.95. The van der Waals surface area contributed by atoms with Crippen LogP contribution < -0.4 is 10.6 Å². The maximum absolute atomic E-state index is 4.54. The average Bonchev–Trinajstić information content (AvgIpc) is 2.45. The van der Waals surface area contributed by atoms with Gasteiger partial charge in [-0.2, -0.15) is 4.98 Å². The molecule has 0 aromatic carbocycles. The topological polar surface area (TPSA) is 53.1 Å². The Morgan fingerprint density at radius 1 is 1.25 bits per heavy atom. The largest absolute Gasteiger partial charge is 0.367 e. The maximum Gasteiger partial charge on any atom is 0.224 e. The molecule has 1 aliphatic carbocycles. The van der Waals surface area contributed by atoms with Crippen LogP contribution in [0.4, 0.5) is 11.8 Å². The summed E-state index contributed by atoms with van der Waals surface area (Å²) in [4.78, 5) is 11.0. The monoisotopic (exact) mass is 277 g/mol. The van der Waals surface area contributed by atoms with E-state index in [9.17, 15) is 0 Å². The SMILES string of the molecule is CN(C)CCCNc1nccc(NC2CCCCC2)n1. The molecule has 0 saturated heterocycles. The second-order valence-electron chi connectivity index (χ2n) is 5.83. The van der Waals surface area contributed by atoms with E-state index in [2.05, 4.69) is 39.6 Å². The molecule has 1 fully saturated rings. The standard InChI is InChI=1S/C15H27N5/c1-20(2)12-6-10-16-15-17-11-9-14(19-15)18-13-7-4-3-5-8-13/h9,11,13H,3-8,10,12H2,1-2H3,(H2,16,17,18,19). The summed E-state index contributed by atoms with van der Waals surface area (Å²) in [7, 11) is 4.18. The number of nitrogens with zero attached hydrogens (tertiary/aromatic N) is 3. The molecule has 1 saturated carbocycles. The zero-order valence-corrected chi connectivity index (χ0v) is 12.7. The molecule has 1 aliphatic rings. The van der Waals surface area contributed by atoms with E-state index in [-0.39, 0.29) is 0 Å². The molecule has 2 N–H and O–H groups in total. The van der Waals surface area contributed by atoms with E-state index in [4.69, 9.17) is 0 Å². The molecule has 0 aliphatic heterocycles. The van der Waals surface area contributed by atoms with E-state index in [1.165, 1.54) is 32.1 Å². The van der Waals surface area contributed by atoms with E-state index in [0.29, 0.717) is 6.04 Å². The van der Waals surface area contributed by atoms with E-state index in [1.54, 1.807) is 0 Å². The minimum atomic E-state index is 0.584. The maximum atomic E-state index is 4.54. The highest BCUT2D eigenvalue weighted by atomic mass is 15.1. The fourth-order valence-electron chi connectivity index (χ4n) is 2.58. The summed E-state index contributed by atoms with van der Waals surface area (Å²) >= 11 is 0. The first-order chi connectivity index (χ1) is 9.74. The number of anilines is 2. The molecular formula is C15H27N5. The van der Waals surface area contributed by atoms with E-state index >= 15 is 0 Å². The van der Waals surface area contributed by atoms with Crippen molar-refractivity contribution in [1.82, 2.24) is 14.9 Å². The molecular weight excluding hydrogens is 250 g/mol. The lowest BCUT2D eigenvalue weighted by Gasteiger charge is -2.23. The molecule has 1 aromatic heterocycles.